The predicted molar refractivity (Wildman–Crippen MR) is 37.1 cm³/mol. The largest absolute Gasteiger partial charge is 0.0962 e. The monoisotopic (exact) mass is 166 g/mol. The van der Waals surface area contributed by atoms with E-state index in [2.05, 4.69) is 35.6 Å². The van der Waals surface area contributed by atoms with Crippen molar-refractivity contribution in [1.29, 1.82) is 0 Å². The molecule has 0 rings (SSSR count). The van der Waals surface area contributed by atoms with Gasteiger partial charge < -0.3 is 0 Å². The van der Waals surface area contributed by atoms with Crippen LogP contribution in [0.1, 0.15) is 0 Å². The van der Waals surface area contributed by atoms with Crippen molar-refractivity contribution in [3.8, 4) is 0 Å². The summed E-state index contributed by atoms with van der Waals surface area (Å²) in [6.07, 6.45) is 0. The van der Waals surface area contributed by atoms with Crippen molar-refractivity contribution in [3.63, 3.8) is 0 Å². The quantitative estimate of drug-likeness (QED) is 0.415. The summed E-state index contributed by atoms with van der Waals surface area (Å²) in [5, 5.41) is 0. The zero-order valence-corrected chi connectivity index (χ0v) is 7.17. The fourth-order valence-electron chi connectivity index (χ4n) is 0. The first-order valence-corrected chi connectivity index (χ1v) is 6.95. The van der Waals surface area contributed by atoms with Gasteiger partial charge >= 0.3 is 0 Å². The molecule has 0 atom stereocenters. The average molecular weight is 167 g/mol. The standard InChI is InChI=1S/C4H11BrSi/c1-6(2,3)4-5/h4H2,1-3H3. The molecule has 0 heterocycles. The van der Waals surface area contributed by atoms with Crippen LogP contribution >= 0.6 is 15.9 Å². The molecular formula is C4H11BrSi. The second-order valence-corrected chi connectivity index (χ2v) is 9.77. The molecule has 6 heavy (non-hydrogen) atoms. The van der Waals surface area contributed by atoms with Gasteiger partial charge in [-0.3, -0.25) is 0 Å². The van der Waals surface area contributed by atoms with Crippen LogP contribution in [-0.2, 0) is 0 Å². The van der Waals surface area contributed by atoms with Crippen molar-refractivity contribution < 1.29 is 0 Å². The van der Waals surface area contributed by atoms with E-state index < -0.39 is 8.07 Å². The van der Waals surface area contributed by atoms with Crippen LogP contribution in [0, 0.1) is 0 Å². The molecule has 0 aliphatic carbocycles. The Balaban J connectivity index is 3.17. The fraction of sp³-hybridized carbons (Fsp3) is 1.00. The second kappa shape index (κ2) is 2.12. The first-order valence-electron chi connectivity index (χ1n) is 2.12. The first-order chi connectivity index (χ1) is 2.56. The van der Waals surface area contributed by atoms with Gasteiger partial charge in [-0.2, -0.15) is 0 Å². The molecule has 0 aromatic heterocycles. The van der Waals surface area contributed by atoms with Gasteiger partial charge in [0.05, 0.1) is 8.07 Å². The molecule has 0 nitrogen and oxygen atoms in total. The molecule has 38 valence electrons. The molecule has 2 heteroatoms. The van der Waals surface area contributed by atoms with Crippen LogP contribution < -0.4 is 0 Å². The molecule has 0 unspecified atom stereocenters. The Labute approximate surface area is 49.1 Å². The molecule has 0 fully saturated rings. The molecule has 0 aliphatic rings. The van der Waals surface area contributed by atoms with Crippen LogP contribution in [0.5, 0.6) is 0 Å². The molecule has 0 N–H and O–H groups in total. The molecule has 0 aromatic rings. The van der Waals surface area contributed by atoms with Gasteiger partial charge in [0.15, 0.2) is 0 Å². The molecular weight excluding hydrogens is 156 g/mol. The Kier molecular flexibility index (Phi) is 2.37. The number of halogens is 1. The fourth-order valence-corrected chi connectivity index (χ4v) is 0. The summed E-state index contributed by atoms with van der Waals surface area (Å²) in [4.78, 5) is 1.22. The van der Waals surface area contributed by atoms with Crippen LogP contribution in [0.4, 0.5) is 0 Å². The summed E-state index contributed by atoms with van der Waals surface area (Å²) in [6, 6.07) is 0. The SMILES string of the molecule is C[Si](C)(C)CBr. The predicted octanol–water partition coefficient (Wildman–Crippen LogP) is 2.26. The van der Waals surface area contributed by atoms with Crippen LogP contribution in [0.3, 0.4) is 0 Å². The molecule has 0 saturated carbocycles. The van der Waals surface area contributed by atoms with E-state index in [-0.39, 0.29) is 0 Å². The lowest BCUT2D eigenvalue weighted by molar-refractivity contribution is 1.69. The molecule has 0 spiro atoms. The highest BCUT2D eigenvalue weighted by Crippen LogP contribution is 2.02. The van der Waals surface area contributed by atoms with Crippen molar-refractivity contribution in [2.45, 2.75) is 19.6 Å². The van der Waals surface area contributed by atoms with Crippen molar-refractivity contribution in [1.82, 2.24) is 0 Å². The molecule has 0 radical (unpaired) electrons. The maximum absolute atomic E-state index is 3.43. The normalized spacial score (nSPS) is 12.0. The Hall–Kier alpha value is 0.697. The maximum atomic E-state index is 3.43. The zero-order valence-electron chi connectivity index (χ0n) is 4.59. The zero-order chi connectivity index (χ0) is 5.21. The topological polar surface area (TPSA) is 0 Å². The summed E-state index contributed by atoms with van der Waals surface area (Å²) in [6.45, 7) is 7.01. The molecule has 0 saturated heterocycles. The van der Waals surface area contributed by atoms with Gasteiger partial charge in [-0.25, -0.2) is 0 Å². The molecule has 0 amide bonds. The van der Waals surface area contributed by atoms with Crippen LogP contribution in [-0.4, -0.2) is 13.0 Å². The molecule has 0 aromatic carbocycles. The van der Waals surface area contributed by atoms with Crippen molar-refractivity contribution >= 4 is 24.0 Å². The van der Waals surface area contributed by atoms with Gasteiger partial charge in [0.25, 0.3) is 0 Å². The minimum absolute atomic E-state index is 0.715. The smallest absolute Gasteiger partial charge is 0.0557 e. The van der Waals surface area contributed by atoms with Gasteiger partial charge in [0.1, 0.15) is 0 Å². The van der Waals surface area contributed by atoms with E-state index in [4.69, 9.17) is 0 Å². The number of rotatable bonds is 1. The molecule has 0 bridgehead atoms. The Morgan fingerprint density at radius 2 is 1.50 bits per heavy atom. The minimum atomic E-state index is -0.715. The highest BCUT2D eigenvalue weighted by molar-refractivity contribution is 9.09. The summed E-state index contributed by atoms with van der Waals surface area (Å²) in [5.74, 6) is 0. The van der Waals surface area contributed by atoms with E-state index in [1.54, 1.807) is 0 Å². The number of hydrogen-bond donors (Lipinski definition) is 0. The Morgan fingerprint density at radius 3 is 1.50 bits per heavy atom. The lowest BCUT2D eigenvalue weighted by Gasteiger charge is -2.07. The van der Waals surface area contributed by atoms with E-state index in [0.29, 0.717) is 0 Å². The lowest BCUT2D eigenvalue weighted by atomic mass is 11.8. The van der Waals surface area contributed by atoms with Gasteiger partial charge in [-0.05, 0) is 4.95 Å². The second-order valence-electron chi connectivity index (χ2n) is 2.69. The van der Waals surface area contributed by atoms with Gasteiger partial charge in [0.2, 0.25) is 0 Å². The Bertz CT molecular complexity index is 37.3. The molecule has 0 aliphatic heterocycles. The number of alkyl halides is 1. The van der Waals surface area contributed by atoms with E-state index in [1.807, 2.05) is 0 Å². The van der Waals surface area contributed by atoms with Gasteiger partial charge in [-0.15, -0.1) is 0 Å². The average Bonchev–Trinajstić information content (AvgIpc) is 1.35. The summed E-state index contributed by atoms with van der Waals surface area (Å²) < 4.78 is 0. The third-order valence-corrected chi connectivity index (χ3v) is 6.25. The Morgan fingerprint density at radius 1 is 1.33 bits per heavy atom. The van der Waals surface area contributed by atoms with Crippen molar-refractivity contribution in [2.75, 3.05) is 4.95 Å². The van der Waals surface area contributed by atoms with E-state index in [1.165, 1.54) is 4.95 Å². The number of hydrogen-bond acceptors (Lipinski definition) is 0. The maximum Gasteiger partial charge on any atom is 0.0557 e. The third kappa shape index (κ3) is 4.70. The van der Waals surface area contributed by atoms with Crippen molar-refractivity contribution in [2.24, 2.45) is 0 Å². The minimum Gasteiger partial charge on any atom is -0.0962 e. The summed E-state index contributed by atoms with van der Waals surface area (Å²) >= 11 is 3.43. The van der Waals surface area contributed by atoms with Gasteiger partial charge in [0, 0.05) is 0 Å². The van der Waals surface area contributed by atoms with Crippen molar-refractivity contribution in [3.05, 3.63) is 0 Å². The lowest BCUT2D eigenvalue weighted by Crippen LogP contribution is -2.21. The summed E-state index contributed by atoms with van der Waals surface area (Å²) in [7, 11) is -0.715. The third-order valence-electron chi connectivity index (χ3n) is 0.401. The van der Waals surface area contributed by atoms with Crippen LogP contribution in [0.25, 0.3) is 0 Å². The summed E-state index contributed by atoms with van der Waals surface area (Å²) in [5.41, 5.74) is 0. The van der Waals surface area contributed by atoms with Crippen LogP contribution in [0.15, 0.2) is 0 Å². The van der Waals surface area contributed by atoms with Gasteiger partial charge in [-0.1, -0.05) is 35.6 Å². The highest BCUT2D eigenvalue weighted by atomic mass is 79.9. The van der Waals surface area contributed by atoms with E-state index in [0.717, 1.165) is 0 Å². The van der Waals surface area contributed by atoms with E-state index in [9.17, 15) is 0 Å². The highest BCUT2D eigenvalue weighted by Gasteiger charge is 2.08. The van der Waals surface area contributed by atoms with E-state index >= 15 is 0 Å². The van der Waals surface area contributed by atoms with Crippen LogP contribution in [0.2, 0.25) is 19.6 Å². The first kappa shape index (κ1) is 6.70.